The fraction of sp³-hybridized carbons (Fsp3) is 0.360. The molecule has 7 nitrogen and oxygen atoms in total. The van der Waals surface area contributed by atoms with Crippen LogP contribution in [0.5, 0.6) is 11.5 Å². The molecule has 0 heterocycles. The quantitative estimate of drug-likeness (QED) is 0.273. The van der Waals surface area contributed by atoms with E-state index in [0.29, 0.717) is 15.6 Å². The van der Waals surface area contributed by atoms with Crippen LogP contribution in [0.15, 0.2) is 45.9 Å². The lowest BCUT2D eigenvalue weighted by Crippen LogP contribution is -2.26. The summed E-state index contributed by atoms with van der Waals surface area (Å²) in [5, 5.41) is 0. The van der Waals surface area contributed by atoms with Crippen LogP contribution in [0.4, 0.5) is 0 Å². The molecule has 2 aromatic carbocycles. The summed E-state index contributed by atoms with van der Waals surface area (Å²) in [4.78, 5) is 41.6. The minimum Gasteiger partial charge on any atom is -0.467 e. The molecule has 0 aliphatic carbocycles. The van der Waals surface area contributed by atoms with Crippen molar-refractivity contribution in [3.8, 4) is 11.5 Å². The second-order valence-electron chi connectivity index (χ2n) is 8.15. The van der Waals surface area contributed by atoms with Gasteiger partial charge in [-0.1, -0.05) is 61.3 Å². The normalized spacial score (nSPS) is 12.2. The molecule has 0 fully saturated rings. The molecule has 8 heteroatoms. The summed E-state index contributed by atoms with van der Waals surface area (Å²) in [7, 11) is 1.30. The summed E-state index contributed by atoms with van der Waals surface area (Å²) in [6.45, 7) is 8.94. The average Bonchev–Trinajstić information content (AvgIpc) is 2.75. The van der Waals surface area contributed by atoms with Crippen LogP contribution in [-0.4, -0.2) is 37.3 Å². The molecule has 0 aliphatic rings. The molecule has 0 aromatic heterocycles. The van der Waals surface area contributed by atoms with Gasteiger partial charge in [0.05, 0.1) is 18.6 Å². The topological polar surface area (TPSA) is 91.3 Å². The largest absolute Gasteiger partial charge is 0.467 e. The first-order chi connectivity index (χ1) is 15.5. The van der Waals surface area contributed by atoms with E-state index >= 15 is 0 Å². The number of ether oxygens (including phenoxy) is 3. The number of methoxy groups -OCH3 is 1. The summed E-state index contributed by atoms with van der Waals surface area (Å²) < 4.78 is 16.6. The minimum atomic E-state index is -0.749. The van der Waals surface area contributed by atoms with Gasteiger partial charge in [-0.3, -0.25) is 9.79 Å². The maximum absolute atomic E-state index is 12.8. The smallest absolute Gasteiger partial charge is 0.343 e. The van der Waals surface area contributed by atoms with Gasteiger partial charge in [0, 0.05) is 16.3 Å². The van der Waals surface area contributed by atoms with Gasteiger partial charge in [0.25, 0.3) is 0 Å². The van der Waals surface area contributed by atoms with Gasteiger partial charge in [-0.05, 0) is 37.1 Å². The number of aryl methyl sites for hydroxylation is 1. The molecule has 2 rings (SSSR count). The zero-order valence-corrected chi connectivity index (χ0v) is 21.1. The maximum Gasteiger partial charge on any atom is 0.343 e. The number of halogens is 1. The molecule has 176 valence electrons. The van der Waals surface area contributed by atoms with Gasteiger partial charge in [0.2, 0.25) is 0 Å². The van der Waals surface area contributed by atoms with Crippen LogP contribution in [0.2, 0.25) is 0 Å². The standard InChI is InChI=1S/C25H28BrNO6/c1-14(2)21(25(30)31-6)27-13-18-11-19(26)12-20(22(18)33-23(28)15(3)4)32-24(29)17-9-7-8-16(5)10-17/h7-15,21H,1-6H3. The fourth-order valence-corrected chi connectivity index (χ4v) is 3.26. The van der Waals surface area contributed by atoms with E-state index in [1.165, 1.54) is 19.4 Å². The first-order valence-electron chi connectivity index (χ1n) is 10.5. The highest BCUT2D eigenvalue weighted by Gasteiger charge is 2.24. The summed E-state index contributed by atoms with van der Waals surface area (Å²) in [6, 6.07) is 9.40. The van der Waals surface area contributed by atoms with Gasteiger partial charge < -0.3 is 14.2 Å². The number of hydrogen-bond donors (Lipinski definition) is 0. The van der Waals surface area contributed by atoms with E-state index in [0.717, 1.165) is 5.56 Å². The lowest BCUT2D eigenvalue weighted by atomic mass is 10.1. The zero-order valence-electron chi connectivity index (χ0n) is 19.5. The molecular weight excluding hydrogens is 490 g/mol. The third-order valence-corrected chi connectivity index (χ3v) is 5.09. The van der Waals surface area contributed by atoms with Crippen molar-refractivity contribution in [2.24, 2.45) is 16.8 Å². The fourth-order valence-electron chi connectivity index (χ4n) is 2.81. The van der Waals surface area contributed by atoms with Crippen molar-refractivity contribution >= 4 is 40.1 Å². The molecule has 0 saturated carbocycles. The molecule has 1 atom stereocenters. The number of carbonyl (C=O) groups is 3. The predicted octanol–water partition coefficient (Wildman–Crippen LogP) is 5.15. The molecule has 0 saturated heterocycles. The first-order valence-corrected chi connectivity index (χ1v) is 11.3. The lowest BCUT2D eigenvalue weighted by Gasteiger charge is -2.16. The Hall–Kier alpha value is -3.00. The van der Waals surface area contributed by atoms with E-state index in [-0.39, 0.29) is 17.4 Å². The van der Waals surface area contributed by atoms with Crippen molar-refractivity contribution in [3.63, 3.8) is 0 Å². The van der Waals surface area contributed by atoms with Gasteiger partial charge in [0.1, 0.15) is 6.04 Å². The Morgan fingerprint density at radius 1 is 1.00 bits per heavy atom. The molecule has 2 aromatic rings. The highest BCUT2D eigenvalue weighted by Crippen LogP contribution is 2.35. The third-order valence-electron chi connectivity index (χ3n) is 4.63. The minimum absolute atomic E-state index is 0.0361. The number of nitrogens with zero attached hydrogens (tertiary/aromatic N) is 1. The van der Waals surface area contributed by atoms with Crippen LogP contribution in [0, 0.1) is 18.8 Å². The van der Waals surface area contributed by atoms with E-state index < -0.39 is 29.9 Å². The van der Waals surface area contributed by atoms with Gasteiger partial charge in [-0.2, -0.15) is 0 Å². The summed E-state index contributed by atoms with van der Waals surface area (Å²) in [6.07, 6.45) is 1.42. The Bertz CT molecular complexity index is 1060. The molecule has 0 N–H and O–H groups in total. The zero-order chi connectivity index (χ0) is 24.7. The number of carbonyl (C=O) groups excluding carboxylic acids is 3. The van der Waals surface area contributed by atoms with Crippen LogP contribution in [0.1, 0.15) is 49.2 Å². The maximum atomic E-state index is 12.8. The highest BCUT2D eigenvalue weighted by molar-refractivity contribution is 9.10. The SMILES string of the molecule is COC(=O)C(N=Cc1cc(Br)cc(OC(=O)c2cccc(C)c2)c1OC(=O)C(C)C)C(C)C. The second-order valence-corrected chi connectivity index (χ2v) is 9.06. The number of aliphatic imine (C=N–C) groups is 1. The number of esters is 3. The molecule has 0 radical (unpaired) electrons. The molecular formula is C25H28BrNO6. The Morgan fingerprint density at radius 2 is 1.70 bits per heavy atom. The predicted molar refractivity (Wildman–Crippen MR) is 129 cm³/mol. The van der Waals surface area contributed by atoms with Crippen molar-refractivity contribution in [2.45, 2.75) is 40.7 Å². The van der Waals surface area contributed by atoms with Gasteiger partial charge in [-0.15, -0.1) is 0 Å². The molecule has 0 amide bonds. The highest BCUT2D eigenvalue weighted by atomic mass is 79.9. The Balaban J connectivity index is 2.53. The van der Waals surface area contributed by atoms with Crippen molar-refractivity contribution in [1.29, 1.82) is 0 Å². The van der Waals surface area contributed by atoms with Crippen molar-refractivity contribution < 1.29 is 28.6 Å². The summed E-state index contributed by atoms with van der Waals surface area (Å²) in [5.74, 6) is -2.05. The van der Waals surface area contributed by atoms with Crippen molar-refractivity contribution in [2.75, 3.05) is 7.11 Å². The van der Waals surface area contributed by atoms with E-state index in [1.807, 2.05) is 26.8 Å². The van der Waals surface area contributed by atoms with E-state index in [4.69, 9.17) is 14.2 Å². The average molecular weight is 518 g/mol. The molecule has 0 bridgehead atoms. The Kier molecular flexibility index (Phi) is 9.34. The number of rotatable bonds is 8. The monoisotopic (exact) mass is 517 g/mol. The molecule has 0 aliphatic heterocycles. The third kappa shape index (κ3) is 7.25. The first kappa shape index (κ1) is 26.3. The Morgan fingerprint density at radius 3 is 2.27 bits per heavy atom. The van der Waals surface area contributed by atoms with Crippen LogP contribution < -0.4 is 9.47 Å². The van der Waals surface area contributed by atoms with Crippen LogP contribution in [0.3, 0.4) is 0 Å². The van der Waals surface area contributed by atoms with Gasteiger partial charge in [-0.25, -0.2) is 9.59 Å². The Labute approximate surface area is 202 Å². The second kappa shape index (κ2) is 11.7. The lowest BCUT2D eigenvalue weighted by molar-refractivity contribution is -0.143. The van der Waals surface area contributed by atoms with Crippen LogP contribution >= 0.6 is 15.9 Å². The van der Waals surface area contributed by atoms with Crippen LogP contribution in [-0.2, 0) is 14.3 Å². The molecule has 33 heavy (non-hydrogen) atoms. The number of hydrogen-bond acceptors (Lipinski definition) is 7. The van der Waals surface area contributed by atoms with Crippen molar-refractivity contribution in [1.82, 2.24) is 0 Å². The van der Waals surface area contributed by atoms with Crippen LogP contribution in [0.25, 0.3) is 0 Å². The summed E-state index contributed by atoms with van der Waals surface area (Å²) >= 11 is 3.39. The van der Waals surface area contributed by atoms with E-state index in [1.54, 1.807) is 38.1 Å². The van der Waals surface area contributed by atoms with Gasteiger partial charge in [0.15, 0.2) is 11.5 Å². The van der Waals surface area contributed by atoms with Crippen molar-refractivity contribution in [3.05, 3.63) is 57.6 Å². The summed E-state index contributed by atoms with van der Waals surface area (Å²) in [5.41, 5.74) is 1.62. The van der Waals surface area contributed by atoms with Gasteiger partial charge >= 0.3 is 17.9 Å². The molecule has 0 spiro atoms. The number of benzene rings is 2. The van der Waals surface area contributed by atoms with E-state index in [2.05, 4.69) is 20.9 Å². The van der Waals surface area contributed by atoms with E-state index in [9.17, 15) is 14.4 Å². The molecule has 1 unspecified atom stereocenters.